The molecule has 3 nitrogen and oxygen atoms in total. The van der Waals surface area contributed by atoms with E-state index in [1.54, 1.807) is 0 Å². The van der Waals surface area contributed by atoms with Gasteiger partial charge in [0.25, 0.3) is 0 Å². The summed E-state index contributed by atoms with van der Waals surface area (Å²) in [5.74, 6) is 2.04. The summed E-state index contributed by atoms with van der Waals surface area (Å²) in [6.07, 6.45) is 4.56. The fourth-order valence-corrected chi connectivity index (χ4v) is 3.87. The van der Waals surface area contributed by atoms with Crippen molar-refractivity contribution in [2.24, 2.45) is 11.7 Å². The molecule has 4 heteroatoms. The van der Waals surface area contributed by atoms with Gasteiger partial charge in [-0.3, -0.25) is 4.79 Å². The van der Waals surface area contributed by atoms with Crippen molar-refractivity contribution in [3.63, 3.8) is 0 Å². The molecule has 0 bridgehead atoms. The van der Waals surface area contributed by atoms with Gasteiger partial charge in [-0.25, -0.2) is 0 Å². The van der Waals surface area contributed by atoms with Crippen molar-refractivity contribution < 1.29 is 4.79 Å². The van der Waals surface area contributed by atoms with Crippen LogP contribution in [-0.2, 0) is 4.79 Å². The Morgan fingerprint density at radius 2 is 2.25 bits per heavy atom. The van der Waals surface area contributed by atoms with Gasteiger partial charge in [0.15, 0.2) is 0 Å². The molecule has 0 aromatic carbocycles. The number of likely N-dealkylation sites (tertiary alicyclic amines) is 1. The number of piperidine rings is 1. The fraction of sp³-hybridized carbons (Fsp3) is 0.917. The second kappa shape index (κ2) is 5.41. The molecule has 1 amide bonds. The highest BCUT2D eigenvalue weighted by Crippen LogP contribution is 2.30. The maximum atomic E-state index is 12.3. The highest BCUT2D eigenvalue weighted by atomic mass is 32.2. The zero-order valence-corrected chi connectivity index (χ0v) is 10.8. The average molecular weight is 242 g/mol. The van der Waals surface area contributed by atoms with Crippen LogP contribution in [0.25, 0.3) is 0 Å². The van der Waals surface area contributed by atoms with Crippen molar-refractivity contribution in [2.75, 3.05) is 18.8 Å². The van der Waals surface area contributed by atoms with Crippen LogP contribution in [-0.4, -0.2) is 40.9 Å². The Bertz CT molecular complexity index is 253. The molecule has 16 heavy (non-hydrogen) atoms. The van der Waals surface area contributed by atoms with Crippen molar-refractivity contribution >= 4 is 17.7 Å². The average Bonchev–Trinajstić information content (AvgIpc) is 2.82. The standard InChI is InChI=1S/C12H22N2OS/c1-9-4-5-10(7-13)8-14(9)12(15)11-3-2-6-16-11/h9-11H,2-8,13H2,1H3. The van der Waals surface area contributed by atoms with Gasteiger partial charge < -0.3 is 10.6 Å². The molecule has 2 rings (SSSR count). The van der Waals surface area contributed by atoms with Crippen molar-refractivity contribution in [3.8, 4) is 0 Å². The van der Waals surface area contributed by atoms with Gasteiger partial charge in [-0.1, -0.05) is 0 Å². The summed E-state index contributed by atoms with van der Waals surface area (Å²) in [4.78, 5) is 14.4. The van der Waals surface area contributed by atoms with Crippen LogP contribution in [0.15, 0.2) is 0 Å². The Morgan fingerprint density at radius 1 is 1.44 bits per heavy atom. The molecule has 2 saturated heterocycles. The quantitative estimate of drug-likeness (QED) is 0.797. The number of rotatable bonds is 2. The van der Waals surface area contributed by atoms with Crippen LogP contribution in [0.2, 0.25) is 0 Å². The number of nitrogens with zero attached hydrogens (tertiary/aromatic N) is 1. The van der Waals surface area contributed by atoms with Gasteiger partial charge in [-0.15, -0.1) is 11.8 Å². The Morgan fingerprint density at radius 3 is 2.88 bits per heavy atom. The van der Waals surface area contributed by atoms with Gasteiger partial charge in [0.05, 0.1) is 5.25 Å². The minimum absolute atomic E-state index is 0.235. The van der Waals surface area contributed by atoms with Gasteiger partial charge in [0.2, 0.25) is 5.91 Å². The van der Waals surface area contributed by atoms with E-state index < -0.39 is 0 Å². The van der Waals surface area contributed by atoms with E-state index in [0.717, 1.165) is 25.1 Å². The third kappa shape index (κ3) is 2.54. The van der Waals surface area contributed by atoms with E-state index in [0.29, 0.717) is 24.4 Å². The summed E-state index contributed by atoms with van der Waals surface area (Å²) in [7, 11) is 0. The van der Waals surface area contributed by atoms with Gasteiger partial charge in [0, 0.05) is 12.6 Å². The van der Waals surface area contributed by atoms with E-state index in [1.807, 2.05) is 11.8 Å². The van der Waals surface area contributed by atoms with E-state index in [4.69, 9.17) is 5.73 Å². The Hall–Kier alpha value is -0.220. The molecule has 0 aromatic rings. The lowest BCUT2D eigenvalue weighted by molar-refractivity contribution is -0.134. The van der Waals surface area contributed by atoms with Crippen LogP contribution >= 0.6 is 11.8 Å². The van der Waals surface area contributed by atoms with Gasteiger partial charge >= 0.3 is 0 Å². The van der Waals surface area contributed by atoms with Crippen LogP contribution < -0.4 is 5.73 Å². The largest absolute Gasteiger partial charge is 0.339 e. The first kappa shape index (κ1) is 12.2. The molecule has 0 aliphatic carbocycles. The smallest absolute Gasteiger partial charge is 0.235 e. The lowest BCUT2D eigenvalue weighted by atomic mass is 9.93. The number of amides is 1. The van der Waals surface area contributed by atoms with Gasteiger partial charge in [-0.05, 0) is 50.8 Å². The van der Waals surface area contributed by atoms with Crippen molar-refractivity contribution in [3.05, 3.63) is 0 Å². The first-order chi connectivity index (χ1) is 7.72. The molecular weight excluding hydrogens is 220 g/mol. The van der Waals surface area contributed by atoms with Crippen LogP contribution in [0.3, 0.4) is 0 Å². The highest BCUT2D eigenvalue weighted by Gasteiger charge is 2.33. The van der Waals surface area contributed by atoms with Gasteiger partial charge in [-0.2, -0.15) is 0 Å². The maximum Gasteiger partial charge on any atom is 0.235 e. The summed E-state index contributed by atoms with van der Waals surface area (Å²) in [6, 6.07) is 0.413. The van der Waals surface area contributed by atoms with Crippen molar-refractivity contribution in [1.82, 2.24) is 4.90 Å². The number of hydrogen-bond donors (Lipinski definition) is 1. The zero-order chi connectivity index (χ0) is 11.5. The van der Waals surface area contributed by atoms with E-state index in [-0.39, 0.29) is 5.25 Å². The fourth-order valence-electron chi connectivity index (χ4n) is 2.64. The summed E-state index contributed by atoms with van der Waals surface area (Å²) in [5, 5.41) is 0.235. The Labute approximate surface area is 102 Å². The SMILES string of the molecule is CC1CCC(CN)CN1C(=O)C1CCCS1. The van der Waals surface area contributed by atoms with E-state index in [9.17, 15) is 4.79 Å². The summed E-state index contributed by atoms with van der Waals surface area (Å²) < 4.78 is 0. The summed E-state index contributed by atoms with van der Waals surface area (Å²) in [6.45, 7) is 3.77. The number of carbonyl (C=O) groups excluding carboxylic acids is 1. The van der Waals surface area contributed by atoms with E-state index >= 15 is 0 Å². The van der Waals surface area contributed by atoms with Gasteiger partial charge in [0.1, 0.15) is 0 Å². The minimum Gasteiger partial charge on any atom is -0.339 e. The molecular formula is C12H22N2OS. The van der Waals surface area contributed by atoms with Crippen LogP contribution in [0, 0.1) is 5.92 Å². The van der Waals surface area contributed by atoms with Crippen LogP contribution in [0.4, 0.5) is 0 Å². The number of thioether (sulfide) groups is 1. The molecule has 2 aliphatic heterocycles. The first-order valence-electron chi connectivity index (χ1n) is 6.34. The third-order valence-corrected chi connectivity index (χ3v) is 5.17. The van der Waals surface area contributed by atoms with E-state index in [2.05, 4.69) is 11.8 Å². The summed E-state index contributed by atoms with van der Waals surface area (Å²) >= 11 is 1.83. The van der Waals surface area contributed by atoms with Crippen LogP contribution in [0.5, 0.6) is 0 Å². The third-order valence-electron chi connectivity index (χ3n) is 3.80. The molecule has 3 unspecified atom stereocenters. The van der Waals surface area contributed by atoms with E-state index in [1.165, 1.54) is 12.8 Å². The topological polar surface area (TPSA) is 46.3 Å². The Balaban J connectivity index is 1.97. The molecule has 2 fully saturated rings. The number of hydrogen-bond acceptors (Lipinski definition) is 3. The maximum absolute atomic E-state index is 12.3. The Kier molecular flexibility index (Phi) is 4.14. The minimum atomic E-state index is 0.235. The number of carbonyl (C=O) groups is 1. The molecule has 0 spiro atoms. The first-order valence-corrected chi connectivity index (χ1v) is 7.39. The molecule has 0 aromatic heterocycles. The normalized spacial score (nSPS) is 35.4. The molecule has 0 saturated carbocycles. The summed E-state index contributed by atoms with van der Waals surface area (Å²) in [5.41, 5.74) is 5.72. The molecule has 2 N–H and O–H groups in total. The monoisotopic (exact) mass is 242 g/mol. The predicted molar refractivity (Wildman–Crippen MR) is 68.4 cm³/mol. The lowest BCUT2D eigenvalue weighted by Gasteiger charge is -2.38. The second-order valence-corrected chi connectivity index (χ2v) is 6.33. The van der Waals surface area contributed by atoms with Crippen LogP contribution in [0.1, 0.15) is 32.6 Å². The second-order valence-electron chi connectivity index (χ2n) is 5.02. The highest BCUT2D eigenvalue weighted by molar-refractivity contribution is 8.00. The number of nitrogens with two attached hydrogens (primary N) is 1. The molecule has 3 atom stereocenters. The molecule has 2 aliphatic rings. The zero-order valence-electron chi connectivity index (χ0n) is 10.0. The molecule has 2 heterocycles. The van der Waals surface area contributed by atoms with Crippen molar-refractivity contribution in [2.45, 2.75) is 43.9 Å². The molecule has 0 radical (unpaired) electrons. The lowest BCUT2D eigenvalue weighted by Crippen LogP contribution is -2.49. The van der Waals surface area contributed by atoms with Crippen molar-refractivity contribution in [1.29, 1.82) is 0 Å². The predicted octanol–water partition coefficient (Wildman–Crippen LogP) is 1.47. The molecule has 92 valence electrons.